The molecular weight excluding hydrogens is 296 g/mol. The Kier molecular flexibility index (Phi) is 3.72. The van der Waals surface area contributed by atoms with Crippen molar-refractivity contribution in [2.75, 3.05) is 0 Å². The summed E-state index contributed by atoms with van der Waals surface area (Å²) in [7, 11) is 0. The Morgan fingerprint density at radius 1 is 1.13 bits per heavy atom. The lowest BCUT2D eigenvalue weighted by Gasteiger charge is -2.00. The van der Waals surface area contributed by atoms with E-state index in [-0.39, 0.29) is 22.8 Å². The van der Waals surface area contributed by atoms with Crippen molar-refractivity contribution in [3.05, 3.63) is 81.0 Å². The number of hydrogen-bond donors (Lipinski definition) is 0. The van der Waals surface area contributed by atoms with Crippen LogP contribution in [0, 0.1) is 17.0 Å². The van der Waals surface area contributed by atoms with E-state index in [4.69, 9.17) is 4.74 Å². The van der Waals surface area contributed by atoms with Gasteiger partial charge in [-0.05, 0) is 24.6 Å². The highest BCUT2D eigenvalue weighted by Gasteiger charge is 2.28. The molecule has 6 heteroatoms. The van der Waals surface area contributed by atoms with Crippen molar-refractivity contribution >= 4 is 23.6 Å². The minimum atomic E-state index is -0.626. The largest absolute Gasteiger partial charge is 0.402 e. The highest BCUT2D eigenvalue weighted by molar-refractivity contribution is 6.14. The molecule has 0 atom stereocenters. The quantitative estimate of drug-likeness (QED) is 0.377. The van der Waals surface area contributed by atoms with Gasteiger partial charge in [0.1, 0.15) is 5.56 Å². The Morgan fingerprint density at radius 3 is 2.52 bits per heavy atom. The lowest BCUT2D eigenvalue weighted by atomic mass is 10.1. The second-order valence-corrected chi connectivity index (χ2v) is 5.02. The van der Waals surface area contributed by atoms with Crippen molar-refractivity contribution in [3.63, 3.8) is 0 Å². The predicted molar refractivity (Wildman–Crippen MR) is 84.9 cm³/mol. The number of nitrogens with zero attached hydrogens (tertiary/aromatic N) is 2. The zero-order chi connectivity index (χ0) is 16.4. The number of aryl methyl sites for hydroxylation is 1. The summed E-state index contributed by atoms with van der Waals surface area (Å²) in [5.41, 5.74) is 2.04. The number of ether oxygens (including phenoxy) is 1. The number of benzene rings is 2. The third-order valence-corrected chi connectivity index (χ3v) is 3.33. The summed E-state index contributed by atoms with van der Waals surface area (Å²) < 4.78 is 5.09. The van der Waals surface area contributed by atoms with Crippen LogP contribution in [0.25, 0.3) is 6.08 Å². The zero-order valence-corrected chi connectivity index (χ0v) is 12.2. The Labute approximate surface area is 131 Å². The van der Waals surface area contributed by atoms with Crippen molar-refractivity contribution in [1.29, 1.82) is 0 Å². The number of para-hydroxylation sites is 1. The van der Waals surface area contributed by atoms with E-state index < -0.39 is 10.9 Å². The van der Waals surface area contributed by atoms with Gasteiger partial charge in [-0.2, -0.15) is 0 Å². The molecule has 0 saturated heterocycles. The molecule has 0 aromatic heterocycles. The SMILES string of the molecule is Cc1ccc(/C=C2\N=C(c3ccccc3[N+](=O)[O-])OC2=O)cc1. The molecule has 0 bridgehead atoms. The molecule has 0 fully saturated rings. The number of rotatable bonds is 3. The fraction of sp³-hybridized carbons (Fsp3) is 0.0588. The highest BCUT2D eigenvalue weighted by Crippen LogP contribution is 2.25. The molecular formula is C17H12N2O4. The molecule has 1 aliphatic rings. The standard InChI is InChI=1S/C17H12N2O4/c1-11-6-8-12(9-7-11)10-14-17(20)23-16(18-14)13-4-2-3-5-15(13)19(21)22/h2-10H,1H3/b14-10-. The number of nitro groups is 1. The van der Waals surface area contributed by atoms with Crippen LogP contribution in [0.1, 0.15) is 16.7 Å². The van der Waals surface area contributed by atoms with E-state index in [1.807, 2.05) is 31.2 Å². The first kappa shape index (κ1) is 14.6. The first-order valence-corrected chi connectivity index (χ1v) is 6.87. The van der Waals surface area contributed by atoms with Gasteiger partial charge in [-0.25, -0.2) is 9.79 Å². The number of esters is 1. The molecule has 114 valence electrons. The first-order chi connectivity index (χ1) is 11.0. The normalized spacial score (nSPS) is 15.4. The van der Waals surface area contributed by atoms with Gasteiger partial charge in [-0.1, -0.05) is 42.0 Å². The van der Waals surface area contributed by atoms with E-state index in [0.29, 0.717) is 0 Å². The second-order valence-electron chi connectivity index (χ2n) is 5.02. The average Bonchev–Trinajstić information content (AvgIpc) is 2.90. The van der Waals surface area contributed by atoms with Gasteiger partial charge in [0.05, 0.1) is 4.92 Å². The van der Waals surface area contributed by atoms with E-state index in [2.05, 4.69) is 4.99 Å². The minimum Gasteiger partial charge on any atom is -0.402 e. The maximum Gasteiger partial charge on any atom is 0.363 e. The third kappa shape index (κ3) is 3.01. The van der Waals surface area contributed by atoms with Gasteiger partial charge < -0.3 is 4.74 Å². The first-order valence-electron chi connectivity index (χ1n) is 6.87. The Bertz CT molecular complexity index is 851. The number of aliphatic imine (C=N–C) groups is 1. The highest BCUT2D eigenvalue weighted by atomic mass is 16.6. The van der Waals surface area contributed by atoms with Gasteiger partial charge in [0.25, 0.3) is 5.69 Å². The van der Waals surface area contributed by atoms with E-state index in [0.717, 1.165) is 11.1 Å². The van der Waals surface area contributed by atoms with E-state index in [1.54, 1.807) is 18.2 Å². The molecule has 3 rings (SSSR count). The predicted octanol–water partition coefficient (Wildman–Crippen LogP) is 3.25. The molecule has 23 heavy (non-hydrogen) atoms. The maximum atomic E-state index is 11.9. The Morgan fingerprint density at radius 2 is 1.83 bits per heavy atom. The summed E-state index contributed by atoms with van der Waals surface area (Å²) in [6.45, 7) is 1.96. The van der Waals surface area contributed by atoms with Gasteiger partial charge in [-0.3, -0.25) is 10.1 Å². The van der Waals surface area contributed by atoms with Crippen LogP contribution in [0.15, 0.2) is 59.2 Å². The number of hydrogen-bond acceptors (Lipinski definition) is 5. The van der Waals surface area contributed by atoms with E-state index in [1.165, 1.54) is 12.1 Å². The van der Waals surface area contributed by atoms with Gasteiger partial charge in [0, 0.05) is 6.07 Å². The summed E-state index contributed by atoms with van der Waals surface area (Å²) in [6.07, 6.45) is 1.59. The molecule has 0 amide bonds. The van der Waals surface area contributed by atoms with Crippen LogP contribution in [0.4, 0.5) is 5.69 Å². The Balaban J connectivity index is 1.99. The van der Waals surface area contributed by atoms with Gasteiger partial charge in [0.2, 0.25) is 5.90 Å². The van der Waals surface area contributed by atoms with Gasteiger partial charge in [-0.15, -0.1) is 0 Å². The van der Waals surface area contributed by atoms with Crippen LogP contribution in [-0.4, -0.2) is 16.8 Å². The van der Waals surface area contributed by atoms with Crippen molar-refractivity contribution < 1.29 is 14.5 Å². The van der Waals surface area contributed by atoms with Gasteiger partial charge in [0.15, 0.2) is 5.70 Å². The smallest absolute Gasteiger partial charge is 0.363 e. The molecule has 1 heterocycles. The van der Waals surface area contributed by atoms with Crippen molar-refractivity contribution in [3.8, 4) is 0 Å². The molecule has 2 aromatic carbocycles. The van der Waals surface area contributed by atoms with Gasteiger partial charge >= 0.3 is 5.97 Å². The summed E-state index contributed by atoms with van der Waals surface area (Å²) in [5.74, 6) is -0.681. The molecule has 0 saturated carbocycles. The van der Waals surface area contributed by atoms with E-state index >= 15 is 0 Å². The number of nitro benzene ring substituents is 1. The van der Waals surface area contributed by atoms with Crippen molar-refractivity contribution in [2.24, 2.45) is 4.99 Å². The third-order valence-electron chi connectivity index (χ3n) is 3.33. The monoisotopic (exact) mass is 308 g/mol. The molecule has 0 unspecified atom stereocenters. The minimum absolute atomic E-state index is 0.0549. The lowest BCUT2D eigenvalue weighted by molar-refractivity contribution is -0.385. The number of carbonyl (C=O) groups is 1. The van der Waals surface area contributed by atoms with Crippen LogP contribution < -0.4 is 0 Å². The maximum absolute atomic E-state index is 11.9. The fourth-order valence-corrected chi connectivity index (χ4v) is 2.16. The van der Waals surface area contributed by atoms with Crippen LogP contribution in [0.2, 0.25) is 0 Å². The van der Waals surface area contributed by atoms with Crippen LogP contribution in [0.5, 0.6) is 0 Å². The van der Waals surface area contributed by atoms with Crippen molar-refractivity contribution in [2.45, 2.75) is 6.92 Å². The average molecular weight is 308 g/mol. The molecule has 1 aliphatic heterocycles. The molecule has 0 N–H and O–H groups in total. The lowest BCUT2D eigenvalue weighted by Crippen LogP contribution is -2.07. The molecule has 0 radical (unpaired) electrons. The topological polar surface area (TPSA) is 81.8 Å². The summed E-state index contributed by atoms with van der Waals surface area (Å²) in [5, 5.41) is 11.1. The van der Waals surface area contributed by atoms with E-state index in [9.17, 15) is 14.9 Å². The number of cyclic esters (lactones) is 1. The van der Waals surface area contributed by atoms with Crippen LogP contribution in [-0.2, 0) is 9.53 Å². The second kappa shape index (κ2) is 5.84. The summed E-state index contributed by atoms with van der Waals surface area (Å²) in [4.78, 5) is 26.6. The molecule has 6 nitrogen and oxygen atoms in total. The number of carbonyl (C=O) groups excluding carboxylic acids is 1. The van der Waals surface area contributed by atoms with Crippen molar-refractivity contribution in [1.82, 2.24) is 0 Å². The fourth-order valence-electron chi connectivity index (χ4n) is 2.16. The van der Waals surface area contributed by atoms with Crippen LogP contribution in [0.3, 0.4) is 0 Å². The Hall–Kier alpha value is -3.28. The van der Waals surface area contributed by atoms with Crippen LogP contribution >= 0.6 is 0 Å². The molecule has 0 aliphatic carbocycles. The zero-order valence-electron chi connectivity index (χ0n) is 12.2. The summed E-state index contributed by atoms with van der Waals surface area (Å²) >= 11 is 0. The molecule has 2 aromatic rings. The molecule has 0 spiro atoms. The summed E-state index contributed by atoms with van der Waals surface area (Å²) in [6, 6.07) is 13.6.